The van der Waals surface area contributed by atoms with Gasteiger partial charge in [0.05, 0.1) is 5.75 Å². The fourth-order valence-electron chi connectivity index (χ4n) is 3.38. The van der Waals surface area contributed by atoms with Crippen LogP contribution in [0.3, 0.4) is 0 Å². The standard InChI is InChI=1S/C16H33N3O2S/c1-15(2)7-13-22(20,21)19-11-9-18(10-12-19)14-16-6-4-5-8-17(16)3/h15-16H,4-14H2,1-3H3/t16-/m1/s1. The van der Waals surface area contributed by atoms with Crippen molar-refractivity contribution in [2.24, 2.45) is 5.92 Å². The first-order valence-electron chi connectivity index (χ1n) is 8.79. The zero-order valence-corrected chi connectivity index (χ0v) is 15.3. The molecular weight excluding hydrogens is 298 g/mol. The van der Waals surface area contributed by atoms with E-state index in [1.165, 1.54) is 25.8 Å². The van der Waals surface area contributed by atoms with E-state index in [-0.39, 0.29) is 0 Å². The summed E-state index contributed by atoms with van der Waals surface area (Å²) in [5.41, 5.74) is 0. The number of nitrogens with zero attached hydrogens (tertiary/aromatic N) is 3. The summed E-state index contributed by atoms with van der Waals surface area (Å²) in [5, 5.41) is 0. The van der Waals surface area contributed by atoms with Crippen LogP contribution in [0.2, 0.25) is 0 Å². The number of rotatable bonds is 6. The van der Waals surface area contributed by atoms with E-state index >= 15 is 0 Å². The quantitative estimate of drug-likeness (QED) is 0.739. The van der Waals surface area contributed by atoms with Crippen LogP contribution in [-0.4, -0.2) is 80.6 Å². The second kappa shape index (κ2) is 8.08. The molecule has 5 nitrogen and oxygen atoms in total. The maximum Gasteiger partial charge on any atom is 0.214 e. The van der Waals surface area contributed by atoms with Crippen LogP contribution in [0.1, 0.15) is 39.5 Å². The van der Waals surface area contributed by atoms with Gasteiger partial charge in [-0.2, -0.15) is 4.31 Å². The molecular formula is C16H33N3O2S. The Morgan fingerprint density at radius 2 is 1.73 bits per heavy atom. The lowest BCUT2D eigenvalue weighted by atomic mass is 10.0. The number of likely N-dealkylation sites (N-methyl/N-ethyl adjacent to an activating group) is 1. The molecule has 0 aromatic rings. The Bertz CT molecular complexity index is 431. The van der Waals surface area contributed by atoms with E-state index < -0.39 is 10.0 Å². The molecule has 130 valence electrons. The maximum absolute atomic E-state index is 12.3. The SMILES string of the molecule is CC(C)CCS(=O)(=O)N1CCN(C[C@H]2CCCCN2C)CC1. The van der Waals surface area contributed by atoms with E-state index in [0.717, 1.165) is 26.1 Å². The monoisotopic (exact) mass is 331 g/mol. The third kappa shape index (κ3) is 5.18. The zero-order valence-electron chi connectivity index (χ0n) is 14.5. The topological polar surface area (TPSA) is 43.9 Å². The van der Waals surface area contributed by atoms with Crippen molar-refractivity contribution in [1.82, 2.24) is 14.1 Å². The summed E-state index contributed by atoms with van der Waals surface area (Å²) in [7, 11) is -0.831. The van der Waals surface area contributed by atoms with Gasteiger partial charge in [0, 0.05) is 38.8 Å². The highest BCUT2D eigenvalue weighted by molar-refractivity contribution is 7.89. The van der Waals surface area contributed by atoms with Crippen molar-refractivity contribution in [2.45, 2.75) is 45.6 Å². The molecule has 2 heterocycles. The van der Waals surface area contributed by atoms with Crippen LogP contribution in [0.15, 0.2) is 0 Å². The van der Waals surface area contributed by atoms with Crippen molar-refractivity contribution in [2.75, 3.05) is 52.1 Å². The Balaban J connectivity index is 1.77. The van der Waals surface area contributed by atoms with Gasteiger partial charge in [-0.25, -0.2) is 8.42 Å². The molecule has 22 heavy (non-hydrogen) atoms. The van der Waals surface area contributed by atoms with Gasteiger partial charge in [0.2, 0.25) is 10.0 Å². The molecule has 0 aliphatic carbocycles. The molecule has 0 spiro atoms. The summed E-state index contributed by atoms with van der Waals surface area (Å²) >= 11 is 0. The van der Waals surface area contributed by atoms with Gasteiger partial charge in [-0.15, -0.1) is 0 Å². The summed E-state index contributed by atoms with van der Waals surface area (Å²) in [6.45, 7) is 9.54. The second-order valence-electron chi connectivity index (χ2n) is 7.33. The maximum atomic E-state index is 12.3. The number of hydrogen-bond acceptors (Lipinski definition) is 4. The molecule has 2 aliphatic rings. The predicted molar refractivity (Wildman–Crippen MR) is 91.5 cm³/mol. The molecule has 0 N–H and O–H groups in total. The Morgan fingerprint density at radius 3 is 2.32 bits per heavy atom. The van der Waals surface area contributed by atoms with E-state index in [9.17, 15) is 8.42 Å². The van der Waals surface area contributed by atoms with E-state index in [2.05, 4.69) is 30.7 Å². The molecule has 0 radical (unpaired) electrons. The third-order valence-corrected chi connectivity index (χ3v) is 6.97. The molecule has 6 heteroatoms. The van der Waals surface area contributed by atoms with Crippen molar-refractivity contribution in [3.05, 3.63) is 0 Å². The highest BCUT2D eigenvalue weighted by Gasteiger charge is 2.29. The van der Waals surface area contributed by atoms with Crippen molar-refractivity contribution in [3.63, 3.8) is 0 Å². The van der Waals surface area contributed by atoms with Gasteiger partial charge in [-0.05, 0) is 38.8 Å². The lowest BCUT2D eigenvalue weighted by Crippen LogP contribution is -2.53. The first kappa shape index (κ1) is 18.2. The first-order chi connectivity index (χ1) is 10.4. The average Bonchev–Trinajstić information content (AvgIpc) is 2.48. The Labute approximate surface area is 136 Å². The number of piperidine rings is 1. The van der Waals surface area contributed by atoms with E-state index in [1.54, 1.807) is 4.31 Å². The van der Waals surface area contributed by atoms with Crippen LogP contribution in [0.4, 0.5) is 0 Å². The van der Waals surface area contributed by atoms with E-state index in [0.29, 0.717) is 30.8 Å². The molecule has 0 aromatic heterocycles. The van der Waals surface area contributed by atoms with Gasteiger partial charge in [-0.1, -0.05) is 20.3 Å². The van der Waals surface area contributed by atoms with E-state index in [1.807, 2.05) is 0 Å². The molecule has 2 saturated heterocycles. The normalized spacial score (nSPS) is 26.6. The minimum atomic E-state index is -3.05. The van der Waals surface area contributed by atoms with Crippen LogP contribution in [0.25, 0.3) is 0 Å². The van der Waals surface area contributed by atoms with Gasteiger partial charge in [0.25, 0.3) is 0 Å². The number of hydrogen-bond donors (Lipinski definition) is 0. The van der Waals surface area contributed by atoms with Crippen LogP contribution in [0, 0.1) is 5.92 Å². The molecule has 0 saturated carbocycles. The summed E-state index contributed by atoms with van der Waals surface area (Å²) in [5.74, 6) is 0.744. The summed E-state index contributed by atoms with van der Waals surface area (Å²) in [6, 6.07) is 0.651. The minimum absolute atomic E-state index is 0.302. The number of likely N-dealkylation sites (tertiary alicyclic amines) is 1. The van der Waals surface area contributed by atoms with Crippen molar-refractivity contribution < 1.29 is 8.42 Å². The van der Waals surface area contributed by atoms with Crippen LogP contribution < -0.4 is 0 Å². The van der Waals surface area contributed by atoms with Gasteiger partial charge in [-0.3, -0.25) is 4.90 Å². The molecule has 0 aromatic carbocycles. The Kier molecular flexibility index (Phi) is 6.68. The smallest absolute Gasteiger partial charge is 0.214 e. The largest absolute Gasteiger partial charge is 0.302 e. The highest BCUT2D eigenvalue weighted by Crippen LogP contribution is 2.18. The first-order valence-corrected chi connectivity index (χ1v) is 10.4. The van der Waals surface area contributed by atoms with Crippen LogP contribution >= 0.6 is 0 Å². The van der Waals surface area contributed by atoms with Gasteiger partial charge < -0.3 is 4.90 Å². The molecule has 1 atom stereocenters. The van der Waals surface area contributed by atoms with Gasteiger partial charge in [0.15, 0.2) is 0 Å². The molecule has 2 rings (SSSR count). The molecule has 0 bridgehead atoms. The number of sulfonamides is 1. The summed E-state index contributed by atoms with van der Waals surface area (Å²) < 4.78 is 26.4. The lowest BCUT2D eigenvalue weighted by molar-refractivity contribution is 0.106. The van der Waals surface area contributed by atoms with Crippen LogP contribution in [0.5, 0.6) is 0 Å². The predicted octanol–water partition coefficient (Wildman–Crippen LogP) is 1.46. The lowest BCUT2D eigenvalue weighted by Gasteiger charge is -2.39. The Morgan fingerprint density at radius 1 is 1.05 bits per heavy atom. The molecule has 2 aliphatic heterocycles. The van der Waals surface area contributed by atoms with Crippen LogP contribution in [-0.2, 0) is 10.0 Å². The third-order valence-electron chi connectivity index (χ3n) is 5.07. The minimum Gasteiger partial charge on any atom is -0.302 e. The molecule has 0 amide bonds. The fraction of sp³-hybridized carbons (Fsp3) is 1.00. The molecule has 0 unspecified atom stereocenters. The fourth-order valence-corrected chi connectivity index (χ4v) is 5.12. The van der Waals surface area contributed by atoms with E-state index in [4.69, 9.17) is 0 Å². The molecule has 2 fully saturated rings. The highest BCUT2D eigenvalue weighted by atomic mass is 32.2. The van der Waals surface area contributed by atoms with Gasteiger partial charge in [0.1, 0.15) is 0 Å². The van der Waals surface area contributed by atoms with Crippen molar-refractivity contribution in [3.8, 4) is 0 Å². The van der Waals surface area contributed by atoms with Gasteiger partial charge >= 0.3 is 0 Å². The summed E-state index contributed by atoms with van der Waals surface area (Å²) in [6.07, 6.45) is 4.69. The zero-order chi connectivity index (χ0) is 16.2. The summed E-state index contributed by atoms with van der Waals surface area (Å²) in [4.78, 5) is 4.91. The number of piperazine rings is 1. The van der Waals surface area contributed by atoms with Crippen molar-refractivity contribution >= 4 is 10.0 Å². The second-order valence-corrected chi connectivity index (χ2v) is 9.42. The Hall–Kier alpha value is -0.170. The average molecular weight is 332 g/mol. The van der Waals surface area contributed by atoms with Crippen molar-refractivity contribution in [1.29, 1.82) is 0 Å².